The Morgan fingerprint density at radius 3 is 2.42 bits per heavy atom. The summed E-state index contributed by atoms with van der Waals surface area (Å²) in [5.74, 6) is 0.580. The molecule has 0 fully saturated rings. The summed E-state index contributed by atoms with van der Waals surface area (Å²) in [7, 11) is 0. The second-order valence-electron chi connectivity index (χ2n) is 5.59. The summed E-state index contributed by atoms with van der Waals surface area (Å²) < 4.78 is 50.0. The van der Waals surface area contributed by atoms with Crippen LogP contribution in [0.25, 0.3) is 11.3 Å². The van der Waals surface area contributed by atoms with Gasteiger partial charge in [0, 0.05) is 16.1 Å². The van der Waals surface area contributed by atoms with E-state index in [1.165, 1.54) is 0 Å². The van der Waals surface area contributed by atoms with Crippen LogP contribution in [0.3, 0.4) is 0 Å². The van der Waals surface area contributed by atoms with Gasteiger partial charge in [-0.3, -0.25) is 0 Å². The Balaban J connectivity index is 1.98. The molecule has 0 atom stereocenters. The smallest absolute Gasteiger partial charge is 0.427 e. The van der Waals surface area contributed by atoms with Crippen LogP contribution in [0.1, 0.15) is 22.9 Å². The molecule has 7 heteroatoms. The van der Waals surface area contributed by atoms with Gasteiger partial charge in [0.2, 0.25) is 0 Å². The van der Waals surface area contributed by atoms with E-state index in [2.05, 4.69) is 4.37 Å². The van der Waals surface area contributed by atoms with Crippen LogP contribution >= 0.6 is 23.1 Å². The minimum atomic E-state index is -4.48. The molecule has 3 aromatic rings. The lowest BCUT2D eigenvalue weighted by Gasteiger charge is -2.13. The number of benzene rings is 2. The van der Waals surface area contributed by atoms with Gasteiger partial charge < -0.3 is 4.74 Å². The number of para-hydroxylation sites is 1. The Bertz CT molecular complexity index is 891. The highest BCUT2D eigenvalue weighted by atomic mass is 35.5. The van der Waals surface area contributed by atoms with Gasteiger partial charge in [0.05, 0.1) is 5.69 Å². The molecule has 2 nitrogen and oxygen atoms in total. The van der Waals surface area contributed by atoms with Crippen LogP contribution in [0.15, 0.2) is 48.5 Å². The first kappa shape index (κ1) is 18.7. The van der Waals surface area contributed by atoms with Gasteiger partial charge in [0.15, 0.2) is 0 Å². The first-order chi connectivity index (χ1) is 12.4. The Labute approximate surface area is 158 Å². The molecule has 0 aliphatic rings. The third-order valence-electron chi connectivity index (χ3n) is 3.89. The Kier molecular flexibility index (Phi) is 5.53. The topological polar surface area (TPSA) is 22.1 Å². The van der Waals surface area contributed by atoms with Crippen molar-refractivity contribution in [3.63, 3.8) is 0 Å². The maximum Gasteiger partial charge on any atom is 0.427 e. The number of nitrogens with zero attached hydrogens (tertiary/aromatic N) is 1. The lowest BCUT2D eigenvalue weighted by molar-refractivity contribution is -0.135. The first-order valence-electron chi connectivity index (χ1n) is 7.92. The fourth-order valence-electron chi connectivity index (χ4n) is 2.59. The average molecular weight is 398 g/mol. The molecule has 1 aromatic heterocycles. The molecular weight excluding hydrogens is 383 g/mol. The molecule has 0 unspecified atom stereocenters. The van der Waals surface area contributed by atoms with Crippen molar-refractivity contribution in [2.24, 2.45) is 0 Å². The Hall–Kier alpha value is -2.05. The highest BCUT2D eigenvalue weighted by molar-refractivity contribution is 7.06. The SMILES string of the molecule is CCc1ccccc1OCc1c(-c2ccc(Cl)cc2)nsc1C(F)(F)F. The highest BCUT2D eigenvalue weighted by Gasteiger charge is 2.38. The maximum absolute atomic E-state index is 13.4. The molecule has 0 N–H and O–H groups in total. The van der Waals surface area contributed by atoms with E-state index in [0.29, 0.717) is 27.9 Å². The summed E-state index contributed by atoms with van der Waals surface area (Å²) in [5, 5.41) is 0.509. The molecule has 2 aromatic carbocycles. The molecule has 0 aliphatic heterocycles. The van der Waals surface area contributed by atoms with Crippen molar-refractivity contribution in [1.29, 1.82) is 0 Å². The highest BCUT2D eigenvalue weighted by Crippen LogP contribution is 2.40. The molecule has 3 rings (SSSR count). The van der Waals surface area contributed by atoms with Crippen molar-refractivity contribution >= 4 is 23.1 Å². The van der Waals surface area contributed by atoms with Crippen LogP contribution in [0.4, 0.5) is 13.2 Å². The summed E-state index contributed by atoms with van der Waals surface area (Å²) in [4.78, 5) is -0.739. The van der Waals surface area contributed by atoms with Crippen LogP contribution in [-0.2, 0) is 19.2 Å². The van der Waals surface area contributed by atoms with Gasteiger partial charge in [-0.25, -0.2) is 0 Å². The maximum atomic E-state index is 13.4. The molecule has 0 amide bonds. The monoisotopic (exact) mass is 397 g/mol. The number of rotatable bonds is 5. The quantitative estimate of drug-likeness (QED) is 0.482. The molecule has 0 bridgehead atoms. The zero-order valence-electron chi connectivity index (χ0n) is 13.8. The van der Waals surface area contributed by atoms with E-state index in [-0.39, 0.29) is 17.9 Å². The van der Waals surface area contributed by atoms with Gasteiger partial charge in [-0.05, 0) is 41.7 Å². The van der Waals surface area contributed by atoms with Gasteiger partial charge in [-0.1, -0.05) is 48.9 Å². The van der Waals surface area contributed by atoms with E-state index in [4.69, 9.17) is 16.3 Å². The van der Waals surface area contributed by atoms with Crippen LogP contribution < -0.4 is 4.74 Å². The normalized spacial score (nSPS) is 11.6. The molecule has 0 saturated carbocycles. The predicted octanol–water partition coefficient (Wildman–Crippen LogP) is 6.62. The minimum absolute atomic E-state index is 0.0377. The summed E-state index contributed by atoms with van der Waals surface area (Å²) in [6.07, 6.45) is -3.75. The Morgan fingerprint density at radius 1 is 1.08 bits per heavy atom. The summed E-state index contributed by atoms with van der Waals surface area (Å²) in [6.45, 7) is 1.76. The average Bonchev–Trinajstić information content (AvgIpc) is 3.05. The molecule has 0 saturated heterocycles. The number of aryl methyl sites for hydroxylation is 1. The van der Waals surface area contributed by atoms with E-state index in [0.717, 1.165) is 12.0 Å². The number of aromatic nitrogens is 1. The summed E-state index contributed by atoms with van der Waals surface area (Å²) >= 11 is 6.31. The van der Waals surface area contributed by atoms with Gasteiger partial charge in [-0.2, -0.15) is 17.5 Å². The van der Waals surface area contributed by atoms with Gasteiger partial charge in [-0.15, -0.1) is 0 Å². The van der Waals surface area contributed by atoms with Gasteiger partial charge >= 0.3 is 6.18 Å². The Morgan fingerprint density at radius 2 is 1.77 bits per heavy atom. The van der Waals surface area contributed by atoms with Crippen LogP contribution in [0.2, 0.25) is 5.02 Å². The van der Waals surface area contributed by atoms with Crippen LogP contribution in [0.5, 0.6) is 5.75 Å². The number of alkyl halides is 3. The molecule has 0 spiro atoms. The zero-order valence-corrected chi connectivity index (χ0v) is 15.4. The van der Waals surface area contributed by atoms with Gasteiger partial charge in [0.1, 0.15) is 17.2 Å². The standard InChI is InChI=1S/C19H15ClF3NOS/c1-2-12-5-3-4-6-16(12)25-11-15-17(13-7-9-14(20)10-8-13)24-26-18(15)19(21,22)23/h3-10H,2,11H2,1H3. The molecular formula is C19H15ClF3NOS. The van der Waals surface area contributed by atoms with Crippen molar-refractivity contribution < 1.29 is 17.9 Å². The van der Waals surface area contributed by atoms with Crippen LogP contribution in [-0.4, -0.2) is 4.37 Å². The number of hydrogen-bond acceptors (Lipinski definition) is 3. The third-order valence-corrected chi connectivity index (χ3v) is 5.08. The second-order valence-corrected chi connectivity index (χ2v) is 6.80. The van der Waals surface area contributed by atoms with Crippen molar-refractivity contribution in [2.45, 2.75) is 26.1 Å². The second kappa shape index (κ2) is 7.68. The zero-order chi connectivity index (χ0) is 18.7. The van der Waals surface area contributed by atoms with Crippen LogP contribution in [0, 0.1) is 0 Å². The van der Waals surface area contributed by atoms with Crippen molar-refractivity contribution in [3.05, 3.63) is 69.6 Å². The molecule has 26 heavy (non-hydrogen) atoms. The fraction of sp³-hybridized carbons (Fsp3) is 0.211. The van der Waals surface area contributed by atoms with E-state index < -0.39 is 11.1 Å². The predicted molar refractivity (Wildman–Crippen MR) is 97.7 cm³/mol. The molecule has 0 aliphatic carbocycles. The first-order valence-corrected chi connectivity index (χ1v) is 9.07. The molecule has 1 heterocycles. The van der Waals surface area contributed by atoms with E-state index in [1.54, 1.807) is 36.4 Å². The van der Waals surface area contributed by atoms with Crippen molar-refractivity contribution in [1.82, 2.24) is 4.37 Å². The number of hydrogen-bond donors (Lipinski definition) is 0. The molecule has 0 radical (unpaired) electrons. The largest absolute Gasteiger partial charge is 0.488 e. The van der Waals surface area contributed by atoms with E-state index in [1.807, 2.05) is 19.1 Å². The number of halogens is 4. The lowest BCUT2D eigenvalue weighted by atomic mass is 10.1. The number of ether oxygens (including phenoxy) is 1. The van der Waals surface area contributed by atoms with E-state index >= 15 is 0 Å². The summed E-state index contributed by atoms with van der Waals surface area (Å²) in [6, 6.07) is 13.9. The van der Waals surface area contributed by atoms with Gasteiger partial charge in [0.25, 0.3) is 0 Å². The minimum Gasteiger partial charge on any atom is -0.488 e. The van der Waals surface area contributed by atoms with E-state index in [9.17, 15) is 13.2 Å². The lowest BCUT2D eigenvalue weighted by Crippen LogP contribution is -2.09. The molecule has 136 valence electrons. The fourth-order valence-corrected chi connectivity index (χ4v) is 3.48. The third kappa shape index (κ3) is 4.02. The van der Waals surface area contributed by atoms with Crippen molar-refractivity contribution in [2.75, 3.05) is 0 Å². The van der Waals surface area contributed by atoms with Crippen molar-refractivity contribution in [3.8, 4) is 17.0 Å². The summed E-state index contributed by atoms with van der Waals surface area (Å²) in [5.41, 5.74) is 1.82.